The second-order valence-electron chi connectivity index (χ2n) is 4.26. The number of hydrogen-bond donors (Lipinski definition) is 0. The summed E-state index contributed by atoms with van der Waals surface area (Å²) in [6.07, 6.45) is 2.28. The number of rotatable bonds is 2. The maximum absolute atomic E-state index is 11.8. The van der Waals surface area contributed by atoms with E-state index in [2.05, 4.69) is 0 Å². The van der Waals surface area contributed by atoms with Crippen molar-refractivity contribution in [3.63, 3.8) is 0 Å². The number of Topliss-reactive ketones (excluding diaryl/α,β-unsaturated/α-hetero) is 1. The Kier molecular flexibility index (Phi) is 3.09. The van der Waals surface area contributed by atoms with Gasteiger partial charge in [-0.2, -0.15) is 0 Å². The molecule has 1 nitrogen and oxygen atoms in total. The van der Waals surface area contributed by atoms with Crippen molar-refractivity contribution in [2.45, 2.75) is 18.8 Å². The lowest BCUT2D eigenvalue weighted by atomic mass is 9.57. The maximum Gasteiger partial charge on any atom is 0.144 e. The maximum atomic E-state index is 11.8. The summed E-state index contributed by atoms with van der Waals surface area (Å²) in [4.78, 5) is 11.8. The van der Waals surface area contributed by atoms with Crippen LogP contribution in [0.4, 0.5) is 0 Å². The summed E-state index contributed by atoms with van der Waals surface area (Å²) >= 11 is 11.3. The lowest BCUT2D eigenvalue weighted by molar-refractivity contribution is -0.134. The summed E-state index contributed by atoms with van der Waals surface area (Å²) in [6, 6.07) is 9.76. The molecule has 3 heteroatoms. The van der Waals surface area contributed by atoms with E-state index in [4.69, 9.17) is 23.2 Å². The predicted octanol–water partition coefficient (Wildman–Crippen LogP) is 3.85. The fourth-order valence-corrected chi connectivity index (χ4v) is 2.53. The van der Waals surface area contributed by atoms with Crippen molar-refractivity contribution in [1.29, 1.82) is 0 Å². The molecule has 1 aliphatic rings. The second kappa shape index (κ2) is 4.23. The summed E-state index contributed by atoms with van der Waals surface area (Å²) in [7, 11) is 0. The number of halogens is 2. The van der Waals surface area contributed by atoms with Gasteiger partial charge in [0.15, 0.2) is 0 Å². The molecule has 2 rings (SSSR count). The average Bonchev–Trinajstić information content (AvgIpc) is 2.28. The number of carbonyl (C=O) groups excluding carboxylic acids is 1. The van der Waals surface area contributed by atoms with Gasteiger partial charge in [0.2, 0.25) is 0 Å². The van der Waals surface area contributed by atoms with Crippen molar-refractivity contribution in [3.05, 3.63) is 46.5 Å². The number of benzene rings is 1. The van der Waals surface area contributed by atoms with Gasteiger partial charge in [0.05, 0.1) is 5.41 Å². The van der Waals surface area contributed by atoms with Crippen LogP contribution < -0.4 is 0 Å². The molecule has 1 aromatic carbocycles. The van der Waals surface area contributed by atoms with Crippen LogP contribution in [0.5, 0.6) is 0 Å². The molecular formula is C13H12Cl2O. The standard InChI is InChI=1S/C13H12Cl2O/c1-13(9-5-3-2-4-6-9)10(7-11(13)16)8-12(14)15/h2-6,8,10H,7H2,1H3. The first kappa shape index (κ1) is 11.7. The Bertz CT molecular complexity index is 435. The van der Waals surface area contributed by atoms with Crippen molar-refractivity contribution >= 4 is 29.0 Å². The Labute approximate surface area is 105 Å². The van der Waals surface area contributed by atoms with Crippen LogP contribution in [0.3, 0.4) is 0 Å². The van der Waals surface area contributed by atoms with Gasteiger partial charge in [0, 0.05) is 12.3 Å². The highest BCUT2D eigenvalue weighted by Gasteiger charge is 2.50. The lowest BCUT2D eigenvalue weighted by Gasteiger charge is -2.44. The molecule has 2 unspecified atom stereocenters. The zero-order valence-corrected chi connectivity index (χ0v) is 10.4. The smallest absolute Gasteiger partial charge is 0.144 e. The van der Waals surface area contributed by atoms with Crippen molar-refractivity contribution in [2.75, 3.05) is 0 Å². The molecule has 0 radical (unpaired) electrons. The third kappa shape index (κ3) is 1.79. The molecule has 84 valence electrons. The van der Waals surface area contributed by atoms with E-state index in [1.807, 2.05) is 37.3 Å². The Morgan fingerprint density at radius 2 is 2.00 bits per heavy atom. The van der Waals surface area contributed by atoms with Gasteiger partial charge >= 0.3 is 0 Å². The minimum absolute atomic E-state index is 0.104. The molecule has 0 bridgehead atoms. The number of carbonyl (C=O) groups is 1. The monoisotopic (exact) mass is 254 g/mol. The van der Waals surface area contributed by atoms with E-state index in [0.717, 1.165) is 5.56 Å². The molecule has 1 saturated carbocycles. The summed E-state index contributed by atoms with van der Waals surface area (Å²) in [5.41, 5.74) is 0.568. The Morgan fingerprint density at radius 3 is 2.50 bits per heavy atom. The molecule has 0 aliphatic heterocycles. The Balaban J connectivity index is 2.36. The van der Waals surface area contributed by atoms with E-state index >= 15 is 0 Å². The van der Waals surface area contributed by atoms with Crippen LogP contribution in [0.1, 0.15) is 18.9 Å². The molecule has 2 atom stereocenters. The first-order valence-electron chi connectivity index (χ1n) is 5.17. The van der Waals surface area contributed by atoms with E-state index < -0.39 is 5.41 Å². The van der Waals surface area contributed by atoms with Crippen LogP contribution in [-0.4, -0.2) is 5.78 Å². The quantitative estimate of drug-likeness (QED) is 0.784. The molecule has 0 spiro atoms. The van der Waals surface area contributed by atoms with Crippen LogP contribution in [-0.2, 0) is 10.2 Å². The number of allylic oxidation sites excluding steroid dienone is 1. The van der Waals surface area contributed by atoms with E-state index in [9.17, 15) is 4.79 Å². The van der Waals surface area contributed by atoms with E-state index in [0.29, 0.717) is 6.42 Å². The van der Waals surface area contributed by atoms with Crippen LogP contribution in [0.25, 0.3) is 0 Å². The zero-order valence-electron chi connectivity index (χ0n) is 8.91. The van der Waals surface area contributed by atoms with Crippen LogP contribution in [0.2, 0.25) is 0 Å². The van der Waals surface area contributed by atoms with Crippen LogP contribution in [0, 0.1) is 5.92 Å². The van der Waals surface area contributed by atoms with Crippen molar-refractivity contribution in [1.82, 2.24) is 0 Å². The topological polar surface area (TPSA) is 17.1 Å². The molecule has 1 fully saturated rings. The molecule has 16 heavy (non-hydrogen) atoms. The van der Waals surface area contributed by atoms with Crippen molar-refractivity contribution in [2.24, 2.45) is 5.92 Å². The normalized spacial score (nSPS) is 28.4. The van der Waals surface area contributed by atoms with E-state index in [1.54, 1.807) is 6.08 Å². The fraction of sp³-hybridized carbons (Fsp3) is 0.308. The molecule has 0 N–H and O–H groups in total. The first-order valence-corrected chi connectivity index (χ1v) is 5.92. The highest BCUT2D eigenvalue weighted by atomic mass is 35.5. The largest absolute Gasteiger partial charge is 0.299 e. The fourth-order valence-electron chi connectivity index (χ4n) is 2.23. The molecule has 1 aromatic rings. The molecule has 0 amide bonds. The highest BCUT2D eigenvalue weighted by molar-refractivity contribution is 6.55. The summed E-state index contributed by atoms with van der Waals surface area (Å²) in [5, 5.41) is 0. The summed E-state index contributed by atoms with van der Waals surface area (Å²) < 4.78 is 0.236. The van der Waals surface area contributed by atoms with Crippen LogP contribution >= 0.6 is 23.2 Å². The van der Waals surface area contributed by atoms with Crippen LogP contribution in [0.15, 0.2) is 40.9 Å². The van der Waals surface area contributed by atoms with E-state index in [-0.39, 0.29) is 16.2 Å². The van der Waals surface area contributed by atoms with Crippen molar-refractivity contribution in [3.8, 4) is 0 Å². The van der Waals surface area contributed by atoms with Gasteiger partial charge in [0.1, 0.15) is 10.3 Å². The minimum Gasteiger partial charge on any atom is -0.299 e. The third-order valence-corrected chi connectivity index (χ3v) is 3.68. The van der Waals surface area contributed by atoms with Gasteiger partial charge < -0.3 is 0 Å². The van der Waals surface area contributed by atoms with Gasteiger partial charge in [-0.1, -0.05) is 53.5 Å². The highest BCUT2D eigenvalue weighted by Crippen LogP contribution is 2.47. The Morgan fingerprint density at radius 1 is 1.38 bits per heavy atom. The molecular weight excluding hydrogens is 243 g/mol. The first-order chi connectivity index (χ1) is 7.55. The van der Waals surface area contributed by atoms with Gasteiger partial charge in [0.25, 0.3) is 0 Å². The summed E-state index contributed by atoms with van der Waals surface area (Å²) in [6.45, 7) is 1.95. The van der Waals surface area contributed by atoms with Gasteiger partial charge in [-0.15, -0.1) is 0 Å². The summed E-state index contributed by atoms with van der Waals surface area (Å²) in [5.74, 6) is 0.349. The third-order valence-electron chi connectivity index (χ3n) is 3.43. The van der Waals surface area contributed by atoms with Gasteiger partial charge in [-0.05, 0) is 18.6 Å². The number of ketones is 1. The number of hydrogen-bond acceptors (Lipinski definition) is 1. The molecule has 0 saturated heterocycles. The second-order valence-corrected chi connectivity index (χ2v) is 5.27. The predicted molar refractivity (Wildman–Crippen MR) is 66.7 cm³/mol. The van der Waals surface area contributed by atoms with Gasteiger partial charge in [-0.25, -0.2) is 0 Å². The average molecular weight is 255 g/mol. The Hall–Kier alpha value is -0.790. The van der Waals surface area contributed by atoms with E-state index in [1.165, 1.54) is 0 Å². The van der Waals surface area contributed by atoms with Gasteiger partial charge in [-0.3, -0.25) is 4.79 Å². The zero-order chi connectivity index (χ0) is 11.8. The lowest BCUT2D eigenvalue weighted by Crippen LogP contribution is -2.50. The minimum atomic E-state index is -0.462. The molecule has 0 heterocycles. The van der Waals surface area contributed by atoms with Crippen molar-refractivity contribution < 1.29 is 4.79 Å². The SMILES string of the molecule is CC1(c2ccccc2)C(=O)CC1C=C(Cl)Cl. The molecule has 1 aliphatic carbocycles. The molecule has 0 aromatic heterocycles.